The minimum Gasteiger partial charge on any atom is -0.329 e. The SMILES string of the molecule is CC.CC1CCC2(C1)CN(CCN)C2.CCC(C)C. The summed E-state index contributed by atoms with van der Waals surface area (Å²) in [4.78, 5) is 2.50. The van der Waals surface area contributed by atoms with E-state index >= 15 is 0 Å². The number of likely N-dealkylation sites (tertiary alicyclic amines) is 1. The second-order valence-corrected chi connectivity index (χ2v) is 6.65. The number of rotatable bonds is 3. The van der Waals surface area contributed by atoms with Crippen LogP contribution in [-0.4, -0.2) is 31.1 Å². The average Bonchev–Trinajstić information content (AvgIpc) is 2.75. The zero-order valence-corrected chi connectivity index (χ0v) is 14.3. The first kappa shape index (κ1) is 18.9. The van der Waals surface area contributed by atoms with Crippen molar-refractivity contribution in [3.8, 4) is 0 Å². The molecular weight excluding hydrogens is 232 g/mol. The lowest BCUT2D eigenvalue weighted by molar-refractivity contribution is 0.00624. The van der Waals surface area contributed by atoms with Gasteiger partial charge in [0.15, 0.2) is 0 Å². The van der Waals surface area contributed by atoms with Gasteiger partial charge >= 0.3 is 0 Å². The van der Waals surface area contributed by atoms with Crippen LogP contribution in [0.2, 0.25) is 0 Å². The summed E-state index contributed by atoms with van der Waals surface area (Å²) in [6.07, 6.45) is 5.69. The quantitative estimate of drug-likeness (QED) is 0.835. The van der Waals surface area contributed by atoms with Crippen molar-refractivity contribution in [1.29, 1.82) is 0 Å². The number of hydrogen-bond donors (Lipinski definition) is 1. The zero-order chi connectivity index (χ0) is 14.9. The topological polar surface area (TPSA) is 29.3 Å². The van der Waals surface area contributed by atoms with Crippen LogP contribution in [0.1, 0.15) is 67.2 Å². The predicted molar refractivity (Wildman–Crippen MR) is 87.4 cm³/mol. The van der Waals surface area contributed by atoms with Gasteiger partial charge in [-0.1, -0.05) is 54.4 Å². The van der Waals surface area contributed by atoms with E-state index in [2.05, 4.69) is 32.6 Å². The first-order valence-electron chi connectivity index (χ1n) is 8.44. The first-order valence-corrected chi connectivity index (χ1v) is 8.44. The van der Waals surface area contributed by atoms with Crippen LogP contribution in [0.15, 0.2) is 0 Å². The summed E-state index contributed by atoms with van der Waals surface area (Å²) >= 11 is 0. The molecule has 2 nitrogen and oxygen atoms in total. The summed E-state index contributed by atoms with van der Waals surface area (Å²) < 4.78 is 0. The fourth-order valence-electron chi connectivity index (χ4n) is 3.03. The minimum absolute atomic E-state index is 0.731. The monoisotopic (exact) mass is 270 g/mol. The second-order valence-electron chi connectivity index (χ2n) is 6.65. The number of hydrogen-bond acceptors (Lipinski definition) is 2. The zero-order valence-electron chi connectivity index (χ0n) is 14.3. The van der Waals surface area contributed by atoms with Crippen molar-refractivity contribution in [2.24, 2.45) is 23.0 Å². The molecule has 1 saturated heterocycles. The fraction of sp³-hybridized carbons (Fsp3) is 1.00. The molecule has 0 amide bonds. The third-order valence-electron chi connectivity index (χ3n) is 4.33. The Morgan fingerprint density at radius 1 is 1.26 bits per heavy atom. The van der Waals surface area contributed by atoms with Gasteiger partial charge in [0.05, 0.1) is 0 Å². The molecule has 0 aromatic rings. The Bertz CT molecular complexity index is 207. The fourth-order valence-corrected chi connectivity index (χ4v) is 3.03. The van der Waals surface area contributed by atoms with Gasteiger partial charge in [-0.25, -0.2) is 0 Å². The molecule has 2 aliphatic rings. The van der Waals surface area contributed by atoms with E-state index in [1.165, 1.54) is 38.8 Å². The Kier molecular flexibility index (Phi) is 9.72. The van der Waals surface area contributed by atoms with Crippen molar-refractivity contribution in [3.05, 3.63) is 0 Å². The summed E-state index contributed by atoms with van der Waals surface area (Å²) in [5.41, 5.74) is 6.24. The molecule has 1 aliphatic carbocycles. The van der Waals surface area contributed by atoms with E-state index in [9.17, 15) is 0 Å². The molecular formula is C17H38N2. The van der Waals surface area contributed by atoms with Crippen LogP contribution in [0.25, 0.3) is 0 Å². The van der Waals surface area contributed by atoms with E-state index in [1.807, 2.05) is 13.8 Å². The molecule has 19 heavy (non-hydrogen) atoms. The van der Waals surface area contributed by atoms with Gasteiger partial charge in [0, 0.05) is 26.2 Å². The minimum atomic E-state index is 0.731. The van der Waals surface area contributed by atoms with E-state index in [-0.39, 0.29) is 0 Å². The molecule has 2 heteroatoms. The van der Waals surface area contributed by atoms with Crippen molar-refractivity contribution >= 4 is 0 Å². The summed E-state index contributed by atoms with van der Waals surface area (Å²) in [6, 6.07) is 0. The molecule has 1 aliphatic heterocycles. The average molecular weight is 271 g/mol. The van der Waals surface area contributed by atoms with Crippen molar-refractivity contribution < 1.29 is 0 Å². The molecule has 0 bridgehead atoms. The van der Waals surface area contributed by atoms with Crippen LogP contribution in [-0.2, 0) is 0 Å². The van der Waals surface area contributed by atoms with E-state index in [4.69, 9.17) is 5.73 Å². The molecule has 2 rings (SSSR count). The third-order valence-corrected chi connectivity index (χ3v) is 4.33. The Balaban J connectivity index is 0.000000396. The van der Waals surface area contributed by atoms with Crippen LogP contribution in [0.3, 0.4) is 0 Å². The van der Waals surface area contributed by atoms with Gasteiger partial charge in [0.1, 0.15) is 0 Å². The lowest BCUT2D eigenvalue weighted by Crippen LogP contribution is -2.56. The van der Waals surface area contributed by atoms with Crippen LogP contribution < -0.4 is 5.73 Å². The van der Waals surface area contributed by atoms with E-state index in [0.29, 0.717) is 0 Å². The maximum atomic E-state index is 5.51. The summed E-state index contributed by atoms with van der Waals surface area (Å²) in [6.45, 7) is 17.6. The molecule has 1 saturated carbocycles. The lowest BCUT2D eigenvalue weighted by Gasteiger charge is -2.48. The number of nitrogens with two attached hydrogens (primary N) is 1. The van der Waals surface area contributed by atoms with Gasteiger partial charge in [0.2, 0.25) is 0 Å². The highest BCUT2D eigenvalue weighted by Crippen LogP contribution is 2.47. The van der Waals surface area contributed by atoms with Gasteiger partial charge in [-0.15, -0.1) is 0 Å². The smallest absolute Gasteiger partial charge is 0.0105 e. The molecule has 0 radical (unpaired) electrons. The van der Waals surface area contributed by atoms with Crippen LogP contribution in [0, 0.1) is 17.3 Å². The first-order chi connectivity index (χ1) is 9.01. The Hall–Kier alpha value is -0.0800. The Labute approximate surface area is 122 Å². The van der Waals surface area contributed by atoms with Gasteiger partial charge < -0.3 is 10.6 Å². The van der Waals surface area contributed by atoms with E-state index in [1.54, 1.807) is 0 Å². The van der Waals surface area contributed by atoms with E-state index < -0.39 is 0 Å². The predicted octanol–water partition coefficient (Wildman–Crippen LogP) is 4.15. The molecule has 2 fully saturated rings. The largest absolute Gasteiger partial charge is 0.329 e. The second kappa shape index (κ2) is 9.77. The van der Waals surface area contributed by atoms with Crippen molar-refractivity contribution in [1.82, 2.24) is 4.90 Å². The van der Waals surface area contributed by atoms with Crippen LogP contribution in [0.4, 0.5) is 0 Å². The molecule has 0 aromatic heterocycles. The summed E-state index contributed by atoms with van der Waals surface area (Å²) in [5, 5.41) is 0. The molecule has 1 heterocycles. The molecule has 1 atom stereocenters. The highest BCUT2D eigenvalue weighted by atomic mass is 15.2. The lowest BCUT2D eigenvalue weighted by atomic mass is 9.77. The third kappa shape index (κ3) is 6.76. The highest BCUT2D eigenvalue weighted by Gasteiger charge is 2.46. The normalized spacial score (nSPS) is 24.3. The van der Waals surface area contributed by atoms with Crippen LogP contribution >= 0.6 is 0 Å². The maximum absolute atomic E-state index is 5.51. The molecule has 1 spiro atoms. The van der Waals surface area contributed by atoms with Crippen LogP contribution in [0.5, 0.6) is 0 Å². The maximum Gasteiger partial charge on any atom is 0.0105 e. The van der Waals surface area contributed by atoms with Gasteiger partial charge in [0.25, 0.3) is 0 Å². The van der Waals surface area contributed by atoms with Gasteiger partial charge in [-0.2, -0.15) is 0 Å². The van der Waals surface area contributed by atoms with E-state index in [0.717, 1.165) is 30.3 Å². The Morgan fingerprint density at radius 3 is 2.11 bits per heavy atom. The van der Waals surface area contributed by atoms with Crippen molar-refractivity contribution in [2.45, 2.75) is 67.2 Å². The Morgan fingerprint density at radius 2 is 1.79 bits per heavy atom. The number of nitrogens with zero attached hydrogens (tertiary/aromatic N) is 1. The van der Waals surface area contributed by atoms with Crippen molar-refractivity contribution in [3.63, 3.8) is 0 Å². The van der Waals surface area contributed by atoms with Gasteiger partial charge in [-0.05, 0) is 30.1 Å². The molecule has 0 aromatic carbocycles. The summed E-state index contributed by atoms with van der Waals surface area (Å²) in [5.74, 6) is 1.86. The van der Waals surface area contributed by atoms with Crippen molar-refractivity contribution in [2.75, 3.05) is 26.2 Å². The molecule has 1 unspecified atom stereocenters. The highest BCUT2D eigenvalue weighted by molar-refractivity contribution is 4.99. The van der Waals surface area contributed by atoms with Gasteiger partial charge in [-0.3, -0.25) is 0 Å². The molecule has 116 valence electrons. The molecule has 2 N–H and O–H groups in total. The standard InChI is InChI=1S/C10H20N2.C5H12.C2H6/c1-9-2-3-10(6-9)7-12(8-10)5-4-11;1-4-5(2)3;1-2/h9H,2-8,11H2,1H3;5H,4H2,1-3H3;1-2H3. The summed E-state index contributed by atoms with van der Waals surface area (Å²) in [7, 11) is 0.